The van der Waals surface area contributed by atoms with Crippen molar-refractivity contribution >= 4 is 23.2 Å². The molecule has 19 heavy (non-hydrogen) atoms. The molecule has 2 N–H and O–H groups in total. The highest BCUT2D eigenvalue weighted by Gasteiger charge is 2.53. The number of rotatable bonds is 4. The standard InChI is InChI=1S/C14H17NO3S/c16-13(15-7-10-2-1-5-19-10)11-8-3-4-9(6-8)12(11)14(17)18/h1-2,5,8-9,11-12H,3-4,6-7H2,(H,15,16)(H,17,18)/t8-,9-,11+,12-/m0/s1. The summed E-state index contributed by atoms with van der Waals surface area (Å²) in [7, 11) is 0. The Hall–Kier alpha value is -1.36. The second kappa shape index (κ2) is 4.96. The minimum absolute atomic E-state index is 0.0759. The number of thiophene rings is 1. The van der Waals surface area contributed by atoms with Gasteiger partial charge in [-0.1, -0.05) is 6.07 Å². The summed E-state index contributed by atoms with van der Waals surface area (Å²) in [6.07, 6.45) is 2.88. The summed E-state index contributed by atoms with van der Waals surface area (Å²) < 4.78 is 0. The third-order valence-electron chi connectivity index (χ3n) is 4.52. The van der Waals surface area contributed by atoms with E-state index in [4.69, 9.17) is 0 Å². The molecule has 102 valence electrons. The van der Waals surface area contributed by atoms with Crippen LogP contribution in [0.3, 0.4) is 0 Å². The number of hydrogen-bond donors (Lipinski definition) is 2. The van der Waals surface area contributed by atoms with E-state index in [1.165, 1.54) is 0 Å². The third kappa shape index (κ3) is 2.27. The number of nitrogens with one attached hydrogen (secondary N) is 1. The van der Waals surface area contributed by atoms with E-state index in [-0.39, 0.29) is 23.7 Å². The summed E-state index contributed by atoms with van der Waals surface area (Å²) in [6.45, 7) is 0.511. The molecule has 2 bridgehead atoms. The zero-order valence-corrected chi connectivity index (χ0v) is 11.4. The molecule has 1 heterocycles. The van der Waals surface area contributed by atoms with Crippen LogP contribution in [0.1, 0.15) is 24.1 Å². The van der Waals surface area contributed by atoms with E-state index in [1.54, 1.807) is 11.3 Å². The Morgan fingerprint density at radius 3 is 2.68 bits per heavy atom. The van der Waals surface area contributed by atoms with Gasteiger partial charge >= 0.3 is 5.97 Å². The van der Waals surface area contributed by atoms with Crippen LogP contribution in [-0.2, 0) is 16.1 Å². The maximum atomic E-state index is 12.3. The van der Waals surface area contributed by atoms with E-state index < -0.39 is 11.9 Å². The van der Waals surface area contributed by atoms with E-state index in [1.807, 2.05) is 17.5 Å². The van der Waals surface area contributed by atoms with Gasteiger partial charge in [0, 0.05) is 4.88 Å². The van der Waals surface area contributed by atoms with Crippen molar-refractivity contribution in [3.05, 3.63) is 22.4 Å². The molecular formula is C14H17NO3S. The van der Waals surface area contributed by atoms with E-state index in [2.05, 4.69) is 5.32 Å². The van der Waals surface area contributed by atoms with Crippen molar-refractivity contribution in [3.8, 4) is 0 Å². The zero-order valence-electron chi connectivity index (χ0n) is 10.5. The molecule has 3 rings (SSSR count). The zero-order chi connectivity index (χ0) is 13.4. The van der Waals surface area contributed by atoms with Crippen LogP contribution in [-0.4, -0.2) is 17.0 Å². The van der Waals surface area contributed by atoms with Crippen molar-refractivity contribution < 1.29 is 14.7 Å². The predicted molar refractivity (Wildman–Crippen MR) is 71.6 cm³/mol. The highest BCUT2D eigenvalue weighted by Crippen LogP contribution is 2.52. The lowest BCUT2D eigenvalue weighted by molar-refractivity contribution is -0.149. The number of carboxylic acids is 1. The van der Waals surface area contributed by atoms with Gasteiger partial charge in [0.15, 0.2) is 0 Å². The van der Waals surface area contributed by atoms with Gasteiger partial charge in [0.2, 0.25) is 5.91 Å². The molecule has 5 heteroatoms. The lowest BCUT2D eigenvalue weighted by Crippen LogP contribution is -2.40. The van der Waals surface area contributed by atoms with E-state index in [0.29, 0.717) is 6.54 Å². The Kier molecular flexibility index (Phi) is 3.31. The Labute approximate surface area is 115 Å². The maximum absolute atomic E-state index is 12.3. The summed E-state index contributed by atoms with van der Waals surface area (Å²) in [5, 5.41) is 14.2. The van der Waals surface area contributed by atoms with Crippen molar-refractivity contribution in [3.63, 3.8) is 0 Å². The lowest BCUT2D eigenvalue weighted by Gasteiger charge is -2.26. The summed E-state index contributed by atoms with van der Waals surface area (Å²) in [6, 6.07) is 3.92. The van der Waals surface area contributed by atoms with Crippen LogP contribution < -0.4 is 5.32 Å². The number of fused-ring (bicyclic) bond motifs is 2. The second-order valence-corrected chi connectivity index (χ2v) is 6.55. The monoisotopic (exact) mass is 279 g/mol. The molecule has 1 amide bonds. The predicted octanol–water partition coefficient (Wildman–Crippen LogP) is 2.11. The Morgan fingerprint density at radius 1 is 1.32 bits per heavy atom. The SMILES string of the molecule is O=C(NCc1cccs1)[C@@H]1[C@H]2CC[C@@H](C2)[C@@H]1C(=O)O. The fraction of sp³-hybridized carbons (Fsp3) is 0.571. The number of hydrogen-bond acceptors (Lipinski definition) is 3. The Morgan fingerprint density at radius 2 is 2.05 bits per heavy atom. The fourth-order valence-electron chi connectivity index (χ4n) is 3.73. The molecule has 2 saturated carbocycles. The third-order valence-corrected chi connectivity index (χ3v) is 5.40. The molecule has 0 aromatic carbocycles. The minimum Gasteiger partial charge on any atom is -0.481 e. The summed E-state index contributed by atoms with van der Waals surface area (Å²) in [5.41, 5.74) is 0. The average Bonchev–Trinajstić information content (AvgIpc) is 3.10. The molecule has 1 aromatic rings. The maximum Gasteiger partial charge on any atom is 0.307 e. The van der Waals surface area contributed by atoms with Gasteiger partial charge in [-0.05, 0) is 42.5 Å². The molecule has 2 aliphatic carbocycles. The first-order chi connectivity index (χ1) is 9.16. The van der Waals surface area contributed by atoms with Crippen LogP contribution >= 0.6 is 11.3 Å². The molecule has 0 spiro atoms. The van der Waals surface area contributed by atoms with Crippen LogP contribution in [0.15, 0.2) is 17.5 Å². The van der Waals surface area contributed by atoms with Crippen LogP contribution in [0.4, 0.5) is 0 Å². The largest absolute Gasteiger partial charge is 0.481 e. The van der Waals surface area contributed by atoms with Gasteiger partial charge in [-0.15, -0.1) is 11.3 Å². The number of carbonyl (C=O) groups excluding carboxylic acids is 1. The van der Waals surface area contributed by atoms with Crippen LogP contribution in [0, 0.1) is 23.7 Å². The molecule has 1 aromatic heterocycles. The van der Waals surface area contributed by atoms with E-state index in [9.17, 15) is 14.7 Å². The minimum atomic E-state index is -0.802. The normalized spacial score (nSPS) is 32.4. The van der Waals surface area contributed by atoms with Crippen molar-refractivity contribution in [1.82, 2.24) is 5.32 Å². The first kappa shape index (κ1) is 12.7. The van der Waals surface area contributed by atoms with Gasteiger partial charge in [0.05, 0.1) is 18.4 Å². The number of carbonyl (C=O) groups is 2. The van der Waals surface area contributed by atoms with Crippen molar-refractivity contribution in [2.75, 3.05) is 0 Å². The van der Waals surface area contributed by atoms with Crippen LogP contribution in [0.5, 0.6) is 0 Å². The van der Waals surface area contributed by atoms with E-state index >= 15 is 0 Å². The molecule has 4 nitrogen and oxygen atoms in total. The summed E-state index contributed by atoms with van der Waals surface area (Å²) in [5.74, 6) is -1.19. The first-order valence-corrected chi connectivity index (χ1v) is 7.57. The number of aliphatic carboxylic acids is 1. The van der Waals surface area contributed by atoms with Gasteiger partial charge in [0.25, 0.3) is 0 Å². The van der Waals surface area contributed by atoms with E-state index in [0.717, 1.165) is 24.1 Å². The fourth-order valence-corrected chi connectivity index (χ4v) is 4.37. The van der Waals surface area contributed by atoms with Gasteiger partial charge < -0.3 is 10.4 Å². The summed E-state index contributed by atoms with van der Waals surface area (Å²) >= 11 is 1.60. The highest BCUT2D eigenvalue weighted by molar-refractivity contribution is 7.09. The topological polar surface area (TPSA) is 66.4 Å². The summed E-state index contributed by atoms with van der Waals surface area (Å²) in [4.78, 5) is 24.7. The highest BCUT2D eigenvalue weighted by atomic mass is 32.1. The van der Waals surface area contributed by atoms with Gasteiger partial charge in [-0.3, -0.25) is 9.59 Å². The molecule has 0 unspecified atom stereocenters. The molecule has 0 aliphatic heterocycles. The molecule has 0 radical (unpaired) electrons. The van der Waals surface area contributed by atoms with Gasteiger partial charge in [-0.25, -0.2) is 0 Å². The van der Waals surface area contributed by atoms with Crippen molar-refractivity contribution in [1.29, 1.82) is 0 Å². The van der Waals surface area contributed by atoms with Gasteiger partial charge in [0.1, 0.15) is 0 Å². The number of amides is 1. The molecule has 2 aliphatic rings. The second-order valence-electron chi connectivity index (χ2n) is 5.52. The Bertz CT molecular complexity index is 485. The molecule has 2 fully saturated rings. The molecular weight excluding hydrogens is 262 g/mol. The van der Waals surface area contributed by atoms with Crippen LogP contribution in [0.25, 0.3) is 0 Å². The van der Waals surface area contributed by atoms with Crippen molar-refractivity contribution in [2.45, 2.75) is 25.8 Å². The first-order valence-electron chi connectivity index (χ1n) is 6.69. The Balaban J connectivity index is 1.66. The molecule has 4 atom stereocenters. The molecule has 0 saturated heterocycles. The smallest absolute Gasteiger partial charge is 0.307 e. The van der Waals surface area contributed by atoms with Crippen molar-refractivity contribution in [2.24, 2.45) is 23.7 Å². The lowest BCUT2D eigenvalue weighted by atomic mass is 9.79. The number of carboxylic acid groups (broad SMARTS) is 1. The van der Waals surface area contributed by atoms with Gasteiger partial charge in [-0.2, -0.15) is 0 Å². The van der Waals surface area contributed by atoms with Crippen LogP contribution in [0.2, 0.25) is 0 Å². The average molecular weight is 279 g/mol. The quantitative estimate of drug-likeness (QED) is 0.887.